The van der Waals surface area contributed by atoms with E-state index in [1.807, 2.05) is 18.2 Å². The Hall–Kier alpha value is -2.37. The fourth-order valence-electron chi connectivity index (χ4n) is 7.52. The van der Waals surface area contributed by atoms with Crippen molar-refractivity contribution in [2.24, 2.45) is 17.8 Å². The summed E-state index contributed by atoms with van der Waals surface area (Å²) >= 11 is 0. The predicted molar refractivity (Wildman–Crippen MR) is 131 cm³/mol. The molecule has 5 heteroatoms. The van der Waals surface area contributed by atoms with Gasteiger partial charge in [-0.1, -0.05) is 36.4 Å². The van der Waals surface area contributed by atoms with Crippen molar-refractivity contribution >= 4 is 20.9 Å². The molecule has 3 aromatic rings. The molecule has 172 valence electrons. The van der Waals surface area contributed by atoms with Crippen molar-refractivity contribution in [1.82, 2.24) is 0 Å². The van der Waals surface area contributed by atoms with Crippen LogP contribution in [0, 0.1) is 17.8 Å². The summed E-state index contributed by atoms with van der Waals surface area (Å²) in [5.74, 6) is 3.29. The lowest BCUT2D eigenvalue weighted by Gasteiger charge is -2.57. The Morgan fingerprint density at radius 3 is 2.06 bits per heavy atom. The molecular weight excluding hydrogens is 432 g/mol. The van der Waals surface area contributed by atoms with Crippen molar-refractivity contribution in [3.05, 3.63) is 65.7 Å². The Labute approximate surface area is 195 Å². The molecule has 3 aromatic carbocycles. The quantitative estimate of drug-likeness (QED) is 0.448. The molecule has 0 radical (unpaired) electrons. The molecule has 4 aliphatic carbocycles. The molecule has 0 saturated heterocycles. The highest BCUT2D eigenvalue weighted by Gasteiger charge is 2.52. The molecule has 1 N–H and O–H groups in total. The Balaban J connectivity index is 1.39. The standard InChI is InChI=1S/C28H30O4S/c1-32-27-7-6-25(13-26(27)28-14-19-8-20(15-28)10-21(9-19)16-28)24-5-4-22-11-18(17-33(29,30)31)2-3-23(22)12-24/h2-7,11-13,19-21H,8-10,14-17H2,1H3,(H,29,30,31). The van der Waals surface area contributed by atoms with E-state index < -0.39 is 10.1 Å². The molecule has 0 heterocycles. The molecule has 0 spiro atoms. The number of ether oxygens (including phenoxy) is 1. The SMILES string of the molecule is COc1ccc(-c2ccc3cc(CS(=O)(=O)O)ccc3c2)cc1C12CC3CC(CC(C3)C1)C2. The minimum Gasteiger partial charge on any atom is -0.496 e. The third-order valence-electron chi connectivity index (χ3n) is 8.40. The zero-order valence-electron chi connectivity index (χ0n) is 19.0. The minimum absolute atomic E-state index is 0.262. The topological polar surface area (TPSA) is 63.6 Å². The van der Waals surface area contributed by atoms with Gasteiger partial charge in [-0.3, -0.25) is 4.55 Å². The van der Waals surface area contributed by atoms with Crippen LogP contribution >= 0.6 is 0 Å². The number of rotatable bonds is 5. The molecule has 0 unspecified atom stereocenters. The van der Waals surface area contributed by atoms with Crippen LogP contribution < -0.4 is 4.74 Å². The van der Waals surface area contributed by atoms with Crippen molar-refractivity contribution in [3.63, 3.8) is 0 Å². The first-order chi connectivity index (χ1) is 15.8. The summed E-state index contributed by atoms with van der Waals surface area (Å²) in [4.78, 5) is 0. The van der Waals surface area contributed by atoms with Gasteiger partial charge >= 0.3 is 0 Å². The van der Waals surface area contributed by atoms with Crippen LogP contribution in [0.1, 0.15) is 49.7 Å². The maximum Gasteiger partial charge on any atom is 0.269 e. The van der Waals surface area contributed by atoms with Crippen LogP contribution in [0.5, 0.6) is 5.75 Å². The monoisotopic (exact) mass is 462 g/mol. The second-order valence-corrected chi connectivity index (χ2v) is 12.2. The molecule has 7 rings (SSSR count). The second kappa shape index (κ2) is 7.57. The van der Waals surface area contributed by atoms with Gasteiger partial charge in [-0.05, 0) is 107 Å². The summed E-state index contributed by atoms with van der Waals surface area (Å²) in [7, 11) is -2.25. The average Bonchev–Trinajstić information content (AvgIpc) is 2.76. The summed E-state index contributed by atoms with van der Waals surface area (Å²) < 4.78 is 37.5. The van der Waals surface area contributed by atoms with Crippen molar-refractivity contribution in [1.29, 1.82) is 0 Å². The summed E-state index contributed by atoms with van der Waals surface area (Å²) in [5, 5.41) is 2.02. The van der Waals surface area contributed by atoms with Gasteiger partial charge in [0.2, 0.25) is 0 Å². The lowest BCUT2D eigenvalue weighted by Crippen LogP contribution is -2.48. The average molecular weight is 463 g/mol. The van der Waals surface area contributed by atoms with Gasteiger partial charge < -0.3 is 4.74 Å². The minimum atomic E-state index is -4.04. The summed E-state index contributed by atoms with van der Waals surface area (Å²) in [6.45, 7) is 0. The number of methoxy groups -OCH3 is 1. The van der Waals surface area contributed by atoms with E-state index in [0.29, 0.717) is 5.56 Å². The van der Waals surface area contributed by atoms with Gasteiger partial charge in [0.15, 0.2) is 0 Å². The van der Waals surface area contributed by atoms with Crippen LogP contribution in [-0.2, 0) is 21.3 Å². The number of hydrogen-bond donors (Lipinski definition) is 1. The lowest BCUT2D eigenvalue weighted by atomic mass is 9.48. The third kappa shape index (κ3) is 3.85. The van der Waals surface area contributed by atoms with Crippen LogP contribution in [0.15, 0.2) is 54.6 Å². The number of benzene rings is 3. The van der Waals surface area contributed by atoms with E-state index in [2.05, 4.69) is 30.3 Å². The first kappa shape index (κ1) is 21.2. The first-order valence-corrected chi connectivity index (χ1v) is 13.6. The first-order valence-electron chi connectivity index (χ1n) is 12.0. The normalized spacial score (nSPS) is 28.4. The van der Waals surface area contributed by atoms with Crippen molar-refractivity contribution in [2.45, 2.75) is 49.7 Å². The molecule has 4 fully saturated rings. The van der Waals surface area contributed by atoms with Gasteiger partial charge in [0, 0.05) is 5.56 Å². The molecule has 4 bridgehead atoms. The largest absolute Gasteiger partial charge is 0.496 e. The second-order valence-electron chi connectivity index (χ2n) is 10.7. The fourth-order valence-corrected chi connectivity index (χ4v) is 8.12. The van der Waals surface area contributed by atoms with Gasteiger partial charge in [0.25, 0.3) is 10.1 Å². The van der Waals surface area contributed by atoms with Crippen LogP contribution in [0.2, 0.25) is 0 Å². The maximum absolute atomic E-state index is 11.2. The van der Waals surface area contributed by atoms with E-state index in [-0.39, 0.29) is 11.2 Å². The Bertz CT molecular complexity index is 1310. The zero-order valence-corrected chi connectivity index (χ0v) is 19.8. The molecule has 0 atom stereocenters. The van der Waals surface area contributed by atoms with E-state index in [9.17, 15) is 8.42 Å². The number of fused-ring (bicyclic) bond motifs is 1. The molecule has 33 heavy (non-hydrogen) atoms. The van der Waals surface area contributed by atoms with Gasteiger partial charge in [-0.25, -0.2) is 0 Å². The van der Waals surface area contributed by atoms with Crippen molar-refractivity contribution < 1.29 is 17.7 Å². The highest BCUT2D eigenvalue weighted by molar-refractivity contribution is 7.85. The Morgan fingerprint density at radius 1 is 0.848 bits per heavy atom. The zero-order chi connectivity index (χ0) is 22.8. The van der Waals surface area contributed by atoms with E-state index in [0.717, 1.165) is 39.8 Å². The summed E-state index contributed by atoms with van der Waals surface area (Å²) in [5.41, 5.74) is 4.60. The predicted octanol–water partition coefficient (Wildman–Crippen LogP) is 6.37. The van der Waals surface area contributed by atoms with E-state index in [1.54, 1.807) is 13.2 Å². The van der Waals surface area contributed by atoms with Crippen LogP contribution in [0.25, 0.3) is 21.9 Å². The summed E-state index contributed by atoms with van der Waals surface area (Å²) in [6.07, 6.45) is 8.16. The highest BCUT2D eigenvalue weighted by Crippen LogP contribution is 2.62. The molecule has 4 nitrogen and oxygen atoms in total. The fraction of sp³-hybridized carbons (Fsp3) is 0.429. The van der Waals surface area contributed by atoms with Crippen LogP contribution in [0.3, 0.4) is 0 Å². The Morgan fingerprint density at radius 2 is 1.42 bits per heavy atom. The van der Waals surface area contributed by atoms with E-state index >= 15 is 0 Å². The van der Waals surface area contributed by atoms with Crippen molar-refractivity contribution in [3.8, 4) is 16.9 Å². The number of hydrogen-bond acceptors (Lipinski definition) is 3. The lowest BCUT2D eigenvalue weighted by molar-refractivity contribution is -0.00613. The molecule has 4 saturated carbocycles. The Kier molecular flexibility index (Phi) is 4.86. The van der Waals surface area contributed by atoms with Gasteiger partial charge in [-0.15, -0.1) is 0 Å². The van der Waals surface area contributed by atoms with Gasteiger partial charge in [-0.2, -0.15) is 8.42 Å². The highest BCUT2D eigenvalue weighted by atomic mass is 32.2. The summed E-state index contributed by atoms with van der Waals surface area (Å²) in [6, 6.07) is 18.5. The van der Waals surface area contributed by atoms with E-state index in [4.69, 9.17) is 9.29 Å². The molecular formula is C28H30O4S. The van der Waals surface area contributed by atoms with Crippen molar-refractivity contribution in [2.75, 3.05) is 7.11 Å². The van der Waals surface area contributed by atoms with Gasteiger partial charge in [0.05, 0.1) is 7.11 Å². The molecule has 0 aromatic heterocycles. The van der Waals surface area contributed by atoms with Crippen LogP contribution in [-0.4, -0.2) is 20.1 Å². The molecule has 4 aliphatic rings. The smallest absolute Gasteiger partial charge is 0.269 e. The third-order valence-corrected chi connectivity index (χ3v) is 9.09. The molecule has 0 aliphatic heterocycles. The molecule has 0 amide bonds. The maximum atomic E-state index is 11.2. The van der Waals surface area contributed by atoms with Gasteiger partial charge in [0.1, 0.15) is 11.5 Å². The van der Waals surface area contributed by atoms with E-state index in [1.165, 1.54) is 49.7 Å². The van der Waals surface area contributed by atoms with Crippen LogP contribution in [0.4, 0.5) is 0 Å².